The number of aromatic nitrogens is 3. The molecule has 2 aromatic heterocycles. The first-order valence-electron chi connectivity index (χ1n) is 9.43. The topological polar surface area (TPSA) is 80.9 Å². The van der Waals surface area contributed by atoms with Crippen LogP contribution in [0, 0.1) is 0 Å². The number of carbonyl (C=O) groups is 1. The fraction of sp³-hybridized carbons (Fsp3) is 0. The molecule has 0 radical (unpaired) electrons. The predicted molar refractivity (Wildman–Crippen MR) is 115 cm³/mol. The summed E-state index contributed by atoms with van der Waals surface area (Å²) in [4.78, 5) is 26.2. The third-order valence-corrected chi connectivity index (χ3v) is 4.60. The lowest BCUT2D eigenvalue weighted by molar-refractivity contribution is 0.102. The highest BCUT2D eigenvalue weighted by atomic mass is 16.4. The van der Waals surface area contributed by atoms with Crippen LogP contribution in [-0.2, 0) is 0 Å². The highest BCUT2D eigenvalue weighted by Crippen LogP contribution is 2.33. The fourth-order valence-corrected chi connectivity index (χ4v) is 3.13. The van der Waals surface area contributed by atoms with Crippen molar-refractivity contribution >= 4 is 22.8 Å². The number of carbonyl (C=O) groups excluding carboxylic acids is 1. The quantitative estimate of drug-likeness (QED) is 0.454. The van der Waals surface area contributed by atoms with Crippen molar-refractivity contribution in [3.8, 4) is 22.7 Å². The van der Waals surface area contributed by atoms with E-state index in [2.05, 4.69) is 20.3 Å². The summed E-state index contributed by atoms with van der Waals surface area (Å²) in [7, 11) is 0. The van der Waals surface area contributed by atoms with Crippen molar-refractivity contribution in [2.24, 2.45) is 0 Å². The molecule has 6 heteroatoms. The molecule has 0 saturated carbocycles. The van der Waals surface area contributed by atoms with Crippen LogP contribution in [0.2, 0.25) is 0 Å². The molecule has 0 fully saturated rings. The summed E-state index contributed by atoms with van der Waals surface area (Å²) in [6.07, 6.45) is 1.45. The third kappa shape index (κ3) is 3.42. The molecule has 0 spiro atoms. The summed E-state index contributed by atoms with van der Waals surface area (Å²) in [6, 6.07) is 26.5. The van der Waals surface area contributed by atoms with Crippen molar-refractivity contribution in [1.82, 2.24) is 15.0 Å². The maximum absolute atomic E-state index is 12.9. The first-order chi connectivity index (χ1) is 14.8. The highest BCUT2D eigenvalue weighted by Gasteiger charge is 2.20. The van der Waals surface area contributed by atoms with E-state index in [1.165, 1.54) is 6.20 Å². The van der Waals surface area contributed by atoms with Gasteiger partial charge in [0.15, 0.2) is 0 Å². The minimum atomic E-state index is -0.416. The molecule has 0 unspecified atom stereocenters. The number of hydrogen-bond acceptors (Lipinski definition) is 5. The van der Waals surface area contributed by atoms with Gasteiger partial charge in [-0.05, 0) is 24.3 Å². The van der Waals surface area contributed by atoms with Gasteiger partial charge in [-0.2, -0.15) is 0 Å². The second kappa shape index (κ2) is 7.60. The average molecular weight is 392 g/mol. The Hall–Kier alpha value is -4.32. The number of fused-ring (bicyclic) bond motifs is 1. The molecular formula is C24H16N4O2. The van der Waals surface area contributed by atoms with Crippen molar-refractivity contribution in [2.45, 2.75) is 0 Å². The van der Waals surface area contributed by atoms with Crippen molar-refractivity contribution in [1.29, 1.82) is 0 Å². The summed E-state index contributed by atoms with van der Waals surface area (Å²) in [5.74, 6) is 0.274. The smallest absolute Gasteiger partial charge is 0.278 e. The highest BCUT2D eigenvalue weighted by molar-refractivity contribution is 6.04. The molecule has 0 saturated heterocycles. The Bertz CT molecular complexity index is 1330. The summed E-state index contributed by atoms with van der Waals surface area (Å²) < 4.78 is 5.94. The predicted octanol–water partition coefficient (Wildman–Crippen LogP) is 5.20. The van der Waals surface area contributed by atoms with Gasteiger partial charge in [0.1, 0.15) is 11.4 Å². The lowest BCUT2D eigenvalue weighted by atomic mass is 10.1. The molecule has 144 valence electrons. The molecule has 30 heavy (non-hydrogen) atoms. The Morgan fingerprint density at radius 3 is 2.10 bits per heavy atom. The zero-order valence-electron chi connectivity index (χ0n) is 15.8. The van der Waals surface area contributed by atoms with E-state index in [4.69, 9.17) is 4.42 Å². The number of amides is 1. The van der Waals surface area contributed by atoms with E-state index in [0.717, 1.165) is 16.6 Å². The minimum absolute atomic E-state index is 0.199. The molecule has 0 aliphatic heterocycles. The summed E-state index contributed by atoms with van der Waals surface area (Å²) in [5.41, 5.74) is 3.78. The molecule has 0 aliphatic rings. The standard InChI is InChI=1S/C24H16N4O2/c29-22(20-15-25-18-13-7-8-14-19(18)26-20)28-24-21(16-9-3-1-4-10-16)27-23(30-24)17-11-5-2-6-12-17/h1-15H,(H,28,29). The van der Waals surface area contributed by atoms with Crippen LogP contribution in [0.15, 0.2) is 95.5 Å². The molecule has 0 bridgehead atoms. The molecule has 5 aromatic rings. The van der Waals surface area contributed by atoms with Crippen molar-refractivity contribution in [3.05, 3.63) is 96.8 Å². The van der Waals surface area contributed by atoms with Gasteiger partial charge in [0.25, 0.3) is 5.91 Å². The molecule has 5 rings (SSSR count). The second-order valence-electron chi connectivity index (χ2n) is 6.63. The summed E-state index contributed by atoms with van der Waals surface area (Å²) in [5, 5.41) is 2.81. The molecular weight excluding hydrogens is 376 g/mol. The molecule has 0 atom stereocenters. The average Bonchev–Trinajstić information content (AvgIpc) is 3.23. The van der Waals surface area contributed by atoms with Gasteiger partial charge in [0.2, 0.25) is 11.8 Å². The minimum Gasteiger partial charge on any atom is -0.420 e. The normalized spacial score (nSPS) is 10.8. The van der Waals surface area contributed by atoms with Crippen LogP contribution in [0.4, 0.5) is 5.88 Å². The molecule has 2 heterocycles. The van der Waals surface area contributed by atoms with Crippen molar-refractivity contribution < 1.29 is 9.21 Å². The van der Waals surface area contributed by atoms with E-state index < -0.39 is 5.91 Å². The number of benzene rings is 3. The number of nitrogens with one attached hydrogen (secondary N) is 1. The van der Waals surface area contributed by atoms with Crippen LogP contribution >= 0.6 is 0 Å². The first-order valence-corrected chi connectivity index (χ1v) is 9.43. The van der Waals surface area contributed by atoms with Gasteiger partial charge in [-0.1, -0.05) is 60.7 Å². The van der Waals surface area contributed by atoms with Gasteiger partial charge in [0.05, 0.1) is 17.2 Å². The number of oxazole rings is 1. The van der Waals surface area contributed by atoms with Crippen LogP contribution in [0.3, 0.4) is 0 Å². The SMILES string of the molecule is O=C(Nc1oc(-c2ccccc2)nc1-c1ccccc1)c1cnc2ccccc2n1. The Balaban J connectivity index is 1.53. The Morgan fingerprint density at radius 2 is 1.37 bits per heavy atom. The first kappa shape index (κ1) is 17.8. The van der Waals surface area contributed by atoms with Crippen LogP contribution in [-0.4, -0.2) is 20.9 Å². The van der Waals surface area contributed by atoms with Gasteiger partial charge >= 0.3 is 0 Å². The van der Waals surface area contributed by atoms with Gasteiger partial charge in [-0.25, -0.2) is 9.97 Å². The lowest BCUT2D eigenvalue weighted by Crippen LogP contribution is -2.14. The molecule has 0 aliphatic carbocycles. The molecule has 1 amide bonds. The van der Waals surface area contributed by atoms with E-state index in [1.807, 2.05) is 84.9 Å². The van der Waals surface area contributed by atoms with Crippen LogP contribution in [0.25, 0.3) is 33.7 Å². The monoisotopic (exact) mass is 392 g/mol. The van der Waals surface area contributed by atoms with E-state index in [0.29, 0.717) is 17.1 Å². The second-order valence-corrected chi connectivity index (χ2v) is 6.63. The van der Waals surface area contributed by atoms with E-state index in [1.54, 1.807) is 0 Å². The van der Waals surface area contributed by atoms with Crippen molar-refractivity contribution in [2.75, 3.05) is 5.32 Å². The van der Waals surface area contributed by atoms with E-state index in [-0.39, 0.29) is 11.6 Å². The maximum Gasteiger partial charge on any atom is 0.278 e. The maximum atomic E-state index is 12.9. The molecule has 1 N–H and O–H groups in total. The number of anilines is 1. The number of hydrogen-bond donors (Lipinski definition) is 1. The van der Waals surface area contributed by atoms with Gasteiger partial charge < -0.3 is 4.42 Å². The van der Waals surface area contributed by atoms with Gasteiger partial charge in [-0.15, -0.1) is 0 Å². The molecule has 3 aromatic carbocycles. The van der Waals surface area contributed by atoms with Crippen LogP contribution in [0.1, 0.15) is 10.5 Å². The fourth-order valence-electron chi connectivity index (χ4n) is 3.13. The number of nitrogens with zero attached hydrogens (tertiary/aromatic N) is 3. The van der Waals surface area contributed by atoms with E-state index >= 15 is 0 Å². The summed E-state index contributed by atoms with van der Waals surface area (Å²) >= 11 is 0. The summed E-state index contributed by atoms with van der Waals surface area (Å²) in [6.45, 7) is 0. The zero-order chi connectivity index (χ0) is 20.3. The lowest BCUT2D eigenvalue weighted by Gasteiger charge is -2.04. The molecule has 6 nitrogen and oxygen atoms in total. The zero-order valence-corrected chi connectivity index (χ0v) is 15.8. The van der Waals surface area contributed by atoms with Crippen LogP contribution in [0.5, 0.6) is 0 Å². The largest absolute Gasteiger partial charge is 0.420 e. The Labute approximate surface area is 172 Å². The van der Waals surface area contributed by atoms with Gasteiger partial charge in [0, 0.05) is 11.1 Å². The Morgan fingerprint density at radius 1 is 0.733 bits per heavy atom. The number of para-hydroxylation sites is 2. The van der Waals surface area contributed by atoms with Crippen molar-refractivity contribution in [3.63, 3.8) is 0 Å². The Kier molecular flexibility index (Phi) is 4.50. The third-order valence-electron chi connectivity index (χ3n) is 4.60. The van der Waals surface area contributed by atoms with Gasteiger partial charge in [-0.3, -0.25) is 15.1 Å². The number of rotatable bonds is 4. The van der Waals surface area contributed by atoms with Crippen LogP contribution < -0.4 is 5.32 Å². The van der Waals surface area contributed by atoms with E-state index in [9.17, 15) is 4.79 Å².